The molecule has 1 N–H and O–H groups in total. The normalized spacial score (nSPS) is 20.8. The third kappa shape index (κ3) is 2.38. The van der Waals surface area contributed by atoms with Crippen molar-refractivity contribution in [3.05, 3.63) is 33.8 Å². The van der Waals surface area contributed by atoms with E-state index in [1.807, 2.05) is 0 Å². The van der Waals surface area contributed by atoms with Crippen LogP contribution in [0, 0.1) is 0 Å². The number of rotatable bonds is 2. The Bertz CT molecular complexity index is 403. The minimum atomic E-state index is -0.329. The van der Waals surface area contributed by atoms with Crippen molar-refractivity contribution >= 4 is 29.0 Å². The van der Waals surface area contributed by atoms with Crippen molar-refractivity contribution in [3.63, 3.8) is 0 Å². The van der Waals surface area contributed by atoms with Crippen LogP contribution in [0.1, 0.15) is 10.4 Å². The van der Waals surface area contributed by atoms with E-state index < -0.39 is 0 Å². The largest absolute Gasteiger partial charge is 0.378 e. The highest BCUT2D eigenvalue weighted by Gasteiger charge is 2.24. The van der Waals surface area contributed by atoms with Gasteiger partial charge in [-0.15, -0.1) is 0 Å². The average Bonchev–Trinajstić information content (AvgIpc) is 2.33. The van der Waals surface area contributed by atoms with E-state index >= 15 is 0 Å². The van der Waals surface area contributed by atoms with Crippen LogP contribution in [0.2, 0.25) is 10.0 Å². The number of nitrogens with one attached hydrogen (secondary N) is 1. The number of hydrogen-bond acceptors (Lipinski definition) is 3. The number of hydrogen-bond donors (Lipinski definition) is 1. The summed E-state index contributed by atoms with van der Waals surface area (Å²) in [5.74, 6) is -0.0767. The molecule has 16 heavy (non-hydrogen) atoms. The smallest absolute Gasteiger partial charge is 0.183 e. The molecule has 5 heteroatoms. The lowest BCUT2D eigenvalue weighted by Gasteiger charge is -2.23. The fourth-order valence-corrected chi connectivity index (χ4v) is 2.01. The fraction of sp³-hybridized carbons (Fsp3) is 0.364. The van der Waals surface area contributed by atoms with Crippen molar-refractivity contribution in [3.8, 4) is 0 Å². The van der Waals surface area contributed by atoms with Gasteiger partial charge in [-0.05, 0) is 12.1 Å². The summed E-state index contributed by atoms with van der Waals surface area (Å²) in [7, 11) is 0. The Morgan fingerprint density at radius 2 is 2.25 bits per heavy atom. The molecule has 1 aliphatic heterocycles. The van der Waals surface area contributed by atoms with Crippen LogP contribution >= 0.6 is 23.2 Å². The van der Waals surface area contributed by atoms with Crippen LogP contribution in [-0.4, -0.2) is 31.6 Å². The van der Waals surface area contributed by atoms with Gasteiger partial charge in [0.05, 0.1) is 29.3 Å². The van der Waals surface area contributed by atoms with Gasteiger partial charge in [0.25, 0.3) is 0 Å². The topological polar surface area (TPSA) is 38.3 Å². The number of halogens is 2. The van der Waals surface area contributed by atoms with E-state index in [0.29, 0.717) is 35.4 Å². The number of morpholine rings is 1. The lowest BCUT2D eigenvalue weighted by atomic mass is 10.0. The van der Waals surface area contributed by atoms with Gasteiger partial charge in [0.15, 0.2) is 5.78 Å². The molecule has 1 heterocycles. The molecule has 1 aliphatic rings. The summed E-state index contributed by atoms with van der Waals surface area (Å²) in [6.45, 7) is 1.68. The van der Waals surface area contributed by atoms with Gasteiger partial charge in [0.2, 0.25) is 0 Å². The van der Waals surface area contributed by atoms with Gasteiger partial charge in [-0.1, -0.05) is 29.3 Å². The molecule has 0 radical (unpaired) electrons. The minimum Gasteiger partial charge on any atom is -0.378 e. The first-order chi connectivity index (χ1) is 7.70. The third-order valence-electron chi connectivity index (χ3n) is 2.46. The number of ketones is 1. The SMILES string of the molecule is O=C(c1cccc(Cl)c1Cl)C1COCCN1. The monoisotopic (exact) mass is 259 g/mol. The van der Waals surface area contributed by atoms with Crippen LogP contribution in [0.4, 0.5) is 0 Å². The highest BCUT2D eigenvalue weighted by atomic mass is 35.5. The molecular weight excluding hydrogens is 249 g/mol. The van der Waals surface area contributed by atoms with Gasteiger partial charge in [-0.2, -0.15) is 0 Å². The molecule has 3 nitrogen and oxygen atoms in total. The Balaban J connectivity index is 2.22. The van der Waals surface area contributed by atoms with Crippen LogP contribution in [-0.2, 0) is 4.74 Å². The van der Waals surface area contributed by atoms with Crippen molar-refractivity contribution in [1.82, 2.24) is 5.32 Å². The molecule has 1 unspecified atom stereocenters. The molecule has 2 rings (SSSR count). The van der Waals surface area contributed by atoms with E-state index in [1.54, 1.807) is 18.2 Å². The second kappa shape index (κ2) is 5.15. The first-order valence-electron chi connectivity index (χ1n) is 4.99. The quantitative estimate of drug-likeness (QED) is 0.828. The maximum absolute atomic E-state index is 12.1. The molecule has 1 atom stereocenters. The van der Waals surface area contributed by atoms with Gasteiger partial charge < -0.3 is 10.1 Å². The molecule has 1 aromatic rings. The molecule has 1 saturated heterocycles. The second-order valence-corrected chi connectivity index (χ2v) is 4.33. The van der Waals surface area contributed by atoms with Crippen molar-refractivity contribution < 1.29 is 9.53 Å². The summed E-state index contributed by atoms with van der Waals surface area (Å²) in [4.78, 5) is 12.1. The zero-order valence-electron chi connectivity index (χ0n) is 8.50. The lowest BCUT2D eigenvalue weighted by Crippen LogP contribution is -2.46. The zero-order valence-corrected chi connectivity index (χ0v) is 10.0. The van der Waals surface area contributed by atoms with Crippen LogP contribution in [0.5, 0.6) is 0 Å². The lowest BCUT2D eigenvalue weighted by molar-refractivity contribution is 0.0608. The Kier molecular flexibility index (Phi) is 3.82. The maximum atomic E-state index is 12.1. The van der Waals surface area contributed by atoms with E-state index in [4.69, 9.17) is 27.9 Å². The van der Waals surface area contributed by atoms with Gasteiger partial charge >= 0.3 is 0 Å². The molecule has 1 aromatic carbocycles. The highest BCUT2D eigenvalue weighted by Crippen LogP contribution is 2.26. The minimum absolute atomic E-state index is 0.0767. The van der Waals surface area contributed by atoms with Crippen molar-refractivity contribution in [2.24, 2.45) is 0 Å². The summed E-state index contributed by atoms with van der Waals surface area (Å²) in [6.07, 6.45) is 0. The van der Waals surface area contributed by atoms with E-state index in [2.05, 4.69) is 5.32 Å². The number of benzene rings is 1. The van der Waals surface area contributed by atoms with E-state index in [1.165, 1.54) is 0 Å². The Morgan fingerprint density at radius 1 is 1.44 bits per heavy atom. The van der Waals surface area contributed by atoms with Gasteiger partial charge in [0, 0.05) is 12.1 Å². The van der Waals surface area contributed by atoms with Crippen LogP contribution in [0.25, 0.3) is 0 Å². The summed E-state index contributed by atoms with van der Waals surface area (Å²) < 4.78 is 5.24. The van der Waals surface area contributed by atoms with Gasteiger partial charge in [-0.3, -0.25) is 4.79 Å². The van der Waals surface area contributed by atoms with Crippen LogP contribution in [0.15, 0.2) is 18.2 Å². The summed E-state index contributed by atoms with van der Waals surface area (Å²) in [5.41, 5.74) is 0.442. The molecule has 0 aromatic heterocycles. The zero-order chi connectivity index (χ0) is 11.5. The Morgan fingerprint density at radius 3 is 2.94 bits per heavy atom. The van der Waals surface area contributed by atoms with Crippen molar-refractivity contribution in [2.75, 3.05) is 19.8 Å². The van der Waals surface area contributed by atoms with Crippen LogP contribution < -0.4 is 5.32 Å². The van der Waals surface area contributed by atoms with E-state index in [0.717, 1.165) is 0 Å². The molecule has 0 spiro atoms. The molecule has 0 aliphatic carbocycles. The van der Waals surface area contributed by atoms with Gasteiger partial charge in [-0.25, -0.2) is 0 Å². The van der Waals surface area contributed by atoms with Crippen molar-refractivity contribution in [1.29, 1.82) is 0 Å². The number of ether oxygens (including phenoxy) is 1. The van der Waals surface area contributed by atoms with E-state index in [9.17, 15) is 4.79 Å². The average molecular weight is 260 g/mol. The summed E-state index contributed by atoms with van der Waals surface area (Å²) >= 11 is 11.8. The fourth-order valence-electron chi connectivity index (χ4n) is 1.62. The molecular formula is C11H11Cl2NO2. The Labute approximate surface area is 104 Å². The molecule has 86 valence electrons. The van der Waals surface area contributed by atoms with Crippen LogP contribution in [0.3, 0.4) is 0 Å². The highest BCUT2D eigenvalue weighted by molar-refractivity contribution is 6.44. The second-order valence-electron chi connectivity index (χ2n) is 3.55. The molecule has 1 fully saturated rings. The van der Waals surface area contributed by atoms with E-state index in [-0.39, 0.29) is 11.8 Å². The van der Waals surface area contributed by atoms with Gasteiger partial charge in [0.1, 0.15) is 0 Å². The van der Waals surface area contributed by atoms with Crippen molar-refractivity contribution in [2.45, 2.75) is 6.04 Å². The molecule has 0 saturated carbocycles. The number of carbonyl (C=O) groups excluding carboxylic acids is 1. The molecule has 0 bridgehead atoms. The predicted molar refractivity (Wildman–Crippen MR) is 63.4 cm³/mol. The predicted octanol–water partition coefficient (Wildman–Crippen LogP) is 2.16. The first-order valence-corrected chi connectivity index (χ1v) is 5.75. The number of carbonyl (C=O) groups is 1. The Hall–Kier alpha value is -0.610. The number of Topliss-reactive ketones (excluding diaryl/α,β-unsaturated/α-hetero) is 1. The third-order valence-corrected chi connectivity index (χ3v) is 3.27. The summed E-state index contributed by atoms with van der Waals surface area (Å²) in [6, 6.07) is 4.72. The summed E-state index contributed by atoms with van der Waals surface area (Å²) in [5, 5.41) is 3.79. The standard InChI is InChI=1S/C11H11Cl2NO2/c12-8-3-1-2-7(10(8)13)11(15)9-6-16-5-4-14-9/h1-3,9,14H,4-6H2. The first kappa shape index (κ1) is 11.9. The molecule has 0 amide bonds. The maximum Gasteiger partial charge on any atom is 0.183 e.